The van der Waals surface area contributed by atoms with E-state index in [1.807, 2.05) is 5.32 Å². The molecule has 2 aliphatic heterocycles. The first kappa shape index (κ1) is 15.8. The lowest BCUT2D eigenvalue weighted by Crippen LogP contribution is -2.67. The van der Waals surface area contributed by atoms with Crippen molar-refractivity contribution in [2.75, 3.05) is 13.3 Å². The van der Waals surface area contributed by atoms with Gasteiger partial charge in [-0.1, -0.05) is 0 Å². The lowest BCUT2D eigenvalue weighted by molar-refractivity contribution is -0.876. The Balaban J connectivity index is 2.44. The standard InChI is InChI=1S/C10H13IN2O7/c11-5-1-6(16)12-10(19)13(5,3-15)9-8(18)7(17)4(2-14)20-9/h1,4,7-9,14-15,17-18H,2-3H2/p+1/t4-,7-,8-,9-,13?/m1/s1. The number of urea groups is 1. The van der Waals surface area contributed by atoms with Gasteiger partial charge in [0.05, 0.1) is 12.7 Å². The molecule has 1 unspecified atom stereocenters. The van der Waals surface area contributed by atoms with Crippen LogP contribution >= 0.6 is 22.6 Å². The lowest BCUT2D eigenvalue weighted by atomic mass is 10.1. The molecule has 5 N–H and O–H groups in total. The molecule has 0 spiro atoms. The summed E-state index contributed by atoms with van der Waals surface area (Å²) in [6, 6.07) is -0.876. The van der Waals surface area contributed by atoms with Crippen LogP contribution in [0.3, 0.4) is 0 Å². The second-order valence-electron chi connectivity index (χ2n) is 4.50. The first-order valence-electron chi connectivity index (χ1n) is 5.72. The van der Waals surface area contributed by atoms with Gasteiger partial charge in [-0.25, -0.2) is 10.1 Å². The van der Waals surface area contributed by atoms with E-state index >= 15 is 0 Å². The van der Waals surface area contributed by atoms with Crippen LogP contribution in [0, 0.1) is 0 Å². The fourth-order valence-electron chi connectivity index (χ4n) is 2.26. The highest BCUT2D eigenvalue weighted by molar-refractivity contribution is 14.1. The number of halogens is 1. The number of ether oxygens (including phenoxy) is 1. The Morgan fingerprint density at radius 1 is 1.30 bits per heavy atom. The number of amides is 3. The van der Waals surface area contributed by atoms with E-state index in [2.05, 4.69) is 0 Å². The second-order valence-corrected chi connectivity index (χ2v) is 5.61. The lowest BCUT2D eigenvalue weighted by Gasteiger charge is -2.39. The summed E-state index contributed by atoms with van der Waals surface area (Å²) in [6.45, 7) is -1.33. The molecule has 0 bridgehead atoms. The van der Waals surface area contributed by atoms with Gasteiger partial charge in [-0.2, -0.15) is 4.48 Å². The number of nitrogens with zero attached hydrogens (tertiary/aromatic N) is 1. The molecule has 112 valence electrons. The average Bonchev–Trinajstić information content (AvgIpc) is 2.67. The van der Waals surface area contributed by atoms with Gasteiger partial charge in [0, 0.05) is 22.6 Å². The number of hydrogen-bond acceptors (Lipinski definition) is 7. The molecule has 2 aliphatic rings. The average molecular weight is 401 g/mol. The maximum absolute atomic E-state index is 12.1. The Bertz CT molecular complexity index is 471. The number of imide groups is 1. The number of nitrogens with one attached hydrogen (secondary N) is 1. The summed E-state index contributed by atoms with van der Waals surface area (Å²) in [7, 11) is 0. The Morgan fingerprint density at radius 2 is 1.95 bits per heavy atom. The zero-order valence-corrected chi connectivity index (χ0v) is 12.3. The summed E-state index contributed by atoms with van der Waals surface area (Å²) < 4.78 is 4.53. The van der Waals surface area contributed by atoms with E-state index < -0.39 is 54.3 Å². The highest BCUT2D eigenvalue weighted by Gasteiger charge is 2.60. The SMILES string of the molecule is O=C1C=C(I)[N+](CO)([C@@H]2O[C@H](CO)[C@@H](O)[C@H]2O)C(=O)N1. The Labute approximate surface area is 127 Å². The number of aliphatic hydroxyl groups excluding tert-OH is 4. The molecule has 5 atom stereocenters. The molecule has 2 heterocycles. The molecule has 0 radical (unpaired) electrons. The first-order chi connectivity index (χ1) is 9.38. The third-order valence-corrected chi connectivity index (χ3v) is 4.57. The number of rotatable bonds is 3. The maximum atomic E-state index is 12.1. The van der Waals surface area contributed by atoms with Gasteiger partial charge < -0.3 is 25.2 Å². The zero-order chi connectivity index (χ0) is 15.1. The fourth-order valence-corrected chi connectivity index (χ4v) is 3.18. The van der Waals surface area contributed by atoms with E-state index in [1.165, 1.54) is 0 Å². The smallest absolute Gasteiger partial charge is 0.394 e. The van der Waals surface area contributed by atoms with Crippen LogP contribution in [0.25, 0.3) is 0 Å². The number of carbonyl (C=O) groups is 2. The van der Waals surface area contributed by atoms with Crippen molar-refractivity contribution in [3.05, 3.63) is 9.78 Å². The number of aliphatic hydroxyl groups is 4. The van der Waals surface area contributed by atoms with Crippen LogP contribution in [-0.4, -0.2) is 74.7 Å². The Hall–Kier alpha value is -0.630. The van der Waals surface area contributed by atoms with Crippen molar-refractivity contribution in [1.82, 2.24) is 5.32 Å². The number of quaternary nitrogens is 1. The maximum Gasteiger partial charge on any atom is 0.433 e. The van der Waals surface area contributed by atoms with E-state index in [1.54, 1.807) is 22.6 Å². The van der Waals surface area contributed by atoms with Crippen molar-refractivity contribution >= 4 is 34.5 Å². The summed E-state index contributed by atoms with van der Waals surface area (Å²) in [4.78, 5) is 23.4. The molecule has 1 fully saturated rings. The highest BCUT2D eigenvalue weighted by Crippen LogP contribution is 2.37. The Kier molecular flexibility index (Phi) is 4.44. The summed E-state index contributed by atoms with van der Waals surface area (Å²) >= 11 is 1.68. The van der Waals surface area contributed by atoms with Gasteiger partial charge in [-0.3, -0.25) is 4.79 Å². The monoisotopic (exact) mass is 401 g/mol. The summed E-state index contributed by atoms with van der Waals surface area (Å²) in [6.07, 6.45) is -4.22. The molecule has 1 saturated heterocycles. The van der Waals surface area contributed by atoms with E-state index in [4.69, 9.17) is 9.84 Å². The third-order valence-electron chi connectivity index (χ3n) is 3.40. The Morgan fingerprint density at radius 3 is 2.40 bits per heavy atom. The molecular formula is C10H14IN2O7+. The zero-order valence-electron chi connectivity index (χ0n) is 10.1. The molecule has 9 nitrogen and oxygen atoms in total. The molecule has 0 aromatic rings. The number of hydrogen-bond donors (Lipinski definition) is 5. The highest BCUT2D eigenvalue weighted by atomic mass is 127. The van der Waals surface area contributed by atoms with E-state index in [0.29, 0.717) is 0 Å². The molecule has 10 heteroatoms. The topological polar surface area (TPSA) is 136 Å². The minimum atomic E-state index is -1.50. The predicted molar refractivity (Wildman–Crippen MR) is 70.7 cm³/mol. The second kappa shape index (κ2) is 5.63. The third kappa shape index (κ3) is 2.16. The summed E-state index contributed by atoms with van der Waals surface area (Å²) in [5, 5.41) is 40.4. The van der Waals surface area contributed by atoms with Crippen LogP contribution in [0.15, 0.2) is 9.78 Å². The van der Waals surface area contributed by atoms with Crippen LogP contribution in [0.4, 0.5) is 4.79 Å². The van der Waals surface area contributed by atoms with Gasteiger partial charge in [0.2, 0.25) is 6.23 Å². The first-order valence-corrected chi connectivity index (χ1v) is 6.80. The van der Waals surface area contributed by atoms with Crippen molar-refractivity contribution in [2.45, 2.75) is 24.5 Å². The van der Waals surface area contributed by atoms with E-state index in [-0.39, 0.29) is 3.70 Å². The van der Waals surface area contributed by atoms with Crippen molar-refractivity contribution < 1.29 is 39.2 Å². The molecule has 0 aliphatic carbocycles. The fraction of sp³-hybridized carbons (Fsp3) is 0.600. The minimum Gasteiger partial charge on any atom is -0.394 e. The normalized spacial score (nSPS) is 41.5. The van der Waals surface area contributed by atoms with Crippen LogP contribution in [-0.2, 0) is 9.53 Å². The number of carbonyl (C=O) groups excluding carboxylic acids is 2. The largest absolute Gasteiger partial charge is 0.433 e. The van der Waals surface area contributed by atoms with Gasteiger partial charge in [-0.05, 0) is 0 Å². The predicted octanol–water partition coefficient (Wildman–Crippen LogP) is -2.28. The van der Waals surface area contributed by atoms with E-state index in [9.17, 15) is 24.9 Å². The van der Waals surface area contributed by atoms with Crippen LogP contribution in [0.5, 0.6) is 0 Å². The molecule has 0 aromatic heterocycles. The van der Waals surface area contributed by atoms with Crippen molar-refractivity contribution in [2.24, 2.45) is 0 Å². The summed E-state index contributed by atoms with van der Waals surface area (Å²) in [5.74, 6) is -0.645. The molecular weight excluding hydrogens is 387 g/mol. The van der Waals surface area contributed by atoms with Crippen molar-refractivity contribution in [3.63, 3.8) is 0 Å². The molecule has 2 rings (SSSR count). The summed E-state index contributed by atoms with van der Waals surface area (Å²) in [5.41, 5.74) is 0. The van der Waals surface area contributed by atoms with Crippen LogP contribution < -0.4 is 5.32 Å². The van der Waals surface area contributed by atoms with Crippen molar-refractivity contribution in [3.8, 4) is 0 Å². The van der Waals surface area contributed by atoms with Gasteiger partial charge in [0.25, 0.3) is 5.91 Å². The van der Waals surface area contributed by atoms with Crippen LogP contribution in [0.1, 0.15) is 0 Å². The molecule has 3 amide bonds. The quantitative estimate of drug-likeness (QED) is 0.204. The molecule has 0 aromatic carbocycles. The minimum absolute atomic E-state index is 0.133. The van der Waals surface area contributed by atoms with E-state index in [0.717, 1.165) is 6.08 Å². The van der Waals surface area contributed by atoms with Gasteiger partial charge in [0.1, 0.15) is 12.2 Å². The van der Waals surface area contributed by atoms with Gasteiger partial charge >= 0.3 is 6.03 Å². The van der Waals surface area contributed by atoms with Crippen molar-refractivity contribution in [1.29, 1.82) is 0 Å². The van der Waals surface area contributed by atoms with Gasteiger partial charge in [-0.15, -0.1) is 0 Å². The molecule has 20 heavy (non-hydrogen) atoms. The van der Waals surface area contributed by atoms with Crippen LogP contribution in [0.2, 0.25) is 0 Å². The molecule has 0 saturated carbocycles. The van der Waals surface area contributed by atoms with Gasteiger partial charge in [0.15, 0.2) is 16.5 Å².